The maximum absolute atomic E-state index is 12.3. The molecule has 0 heterocycles. The number of nitro benzene ring substituents is 1. The Morgan fingerprint density at radius 3 is 2.44 bits per heavy atom. The fourth-order valence-corrected chi connectivity index (χ4v) is 2.96. The number of benzene rings is 2. The molecule has 2 aromatic rings. The van der Waals surface area contributed by atoms with Crippen LogP contribution in [0.3, 0.4) is 0 Å². The lowest BCUT2D eigenvalue weighted by Gasteiger charge is -2.12. The van der Waals surface area contributed by atoms with Crippen molar-refractivity contribution in [1.82, 2.24) is 4.31 Å². The van der Waals surface area contributed by atoms with Crippen molar-refractivity contribution in [2.45, 2.75) is 11.8 Å². The molecule has 2 aromatic carbocycles. The van der Waals surface area contributed by atoms with Crippen LogP contribution in [-0.2, 0) is 10.0 Å². The Bertz CT molecular complexity index is 937. The maximum atomic E-state index is 12.3. The van der Waals surface area contributed by atoms with E-state index >= 15 is 0 Å². The van der Waals surface area contributed by atoms with Crippen LogP contribution in [0.15, 0.2) is 47.4 Å². The molecule has 0 bridgehead atoms. The number of nitro groups is 1. The second-order valence-electron chi connectivity index (χ2n) is 5.43. The van der Waals surface area contributed by atoms with Crippen molar-refractivity contribution in [2.24, 2.45) is 0 Å². The molecule has 0 aliphatic rings. The molecule has 0 amide bonds. The highest BCUT2D eigenvalue weighted by Crippen LogP contribution is 2.28. The third kappa shape index (κ3) is 4.01. The largest absolute Gasteiger partial charge is 0.416 e. The fraction of sp³-hybridized carbons (Fsp3) is 0.188. The van der Waals surface area contributed by atoms with E-state index in [4.69, 9.17) is 4.74 Å². The van der Waals surface area contributed by atoms with E-state index in [-0.39, 0.29) is 21.9 Å². The minimum Gasteiger partial charge on any atom is -0.416 e. The number of esters is 1. The molecule has 0 unspecified atom stereocenters. The average molecular weight is 364 g/mol. The number of hydrogen-bond acceptors (Lipinski definition) is 6. The average Bonchev–Trinajstić information content (AvgIpc) is 2.54. The number of ether oxygens (including phenoxy) is 1. The van der Waals surface area contributed by atoms with Crippen LogP contribution < -0.4 is 4.74 Å². The zero-order chi connectivity index (χ0) is 18.8. The molecule has 0 aliphatic carbocycles. The van der Waals surface area contributed by atoms with Gasteiger partial charge < -0.3 is 4.74 Å². The number of sulfonamides is 1. The van der Waals surface area contributed by atoms with Crippen LogP contribution in [0.4, 0.5) is 5.69 Å². The van der Waals surface area contributed by atoms with Gasteiger partial charge in [0.1, 0.15) is 0 Å². The van der Waals surface area contributed by atoms with Crippen molar-refractivity contribution in [2.75, 3.05) is 14.1 Å². The van der Waals surface area contributed by atoms with Gasteiger partial charge in [0.15, 0.2) is 0 Å². The lowest BCUT2D eigenvalue weighted by atomic mass is 10.2. The standard InChI is InChI=1S/C16H16N2O6S/c1-11-7-8-14(18(20)21)15(9-11)24-16(19)12-5-4-6-13(10-12)25(22,23)17(2)3/h4-10H,1-3H3. The molecule has 25 heavy (non-hydrogen) atoms. The van der Waals surface area contributed by atoms with E-state index < -0.39 is 20.9 Å². The van der Waals surface area contributed by atoms with Gasteiger partial charge in [0, 0.05) is 20.2 Å². The first-order valence-corrected chi connectivity index (χ1v) is 8.57. The molecule has 0 fully saturated rings. The minimum absolute atomic E-state index is 0.0290. The maximum Gasteiger partial charge on any atom is 0.343 e. The van der Waals surface area contributed by atoms with Crippen LogP contribution in [0.5, 0.6) is 5.75 Å². The molecule has 9 heteroatoms. The SMILES string of the molecule is Cc1ccc([N+](=O)[O-])c(OC(=O)c2cccc(S(=O)(=O)N(C)C)c2)c1. The van der Waals surface area contributed by atoms with E-state index in [1.54, 1.807) is 6.92 Å². The van der Waals surface area contributed by atoms with Crippen molar-refractivity contribution in [3.63, 3.8) is 0 Å². The summed E-state index contributed by atoms with van der Waals surface area (Å²) in [5.74, 6) is -1.08. The van der Waals surface area contributed by atoms with Crippen LogP contribution in [0.1, 0.15) is 15.9 Å². The van der Waals surface area contributed by atoms with Gasteiger partial charge >= 0.3 is 11.7 Å². The predicted molar refractivity (Wildman–Crippen MR) is 90.1 cm³/mol. The molecule has 132 valence electrons. The number of rotatable bonds is 5. The molecule has 0 saturated heterocycles. The number of hydrogen-bond donors (Lipinski definition) is 0. The molecule has 0 N–H and O–H groups in total. The van der Waals surface area contributed by atoms with Crippen molar-refractivity contribution in [3.05, 3.63) is 63.7 Å². The van der Waals surface area contributed by atoms with Crippen LogP contribution in [0, 0.1) is 17.0 Å². The molecular weight excluding hydrogens is 348 g/mol. The molecule has 0 aliphatic heterocycles. The molecule has 2 rings (SSSR count). The summed E-state index contributed by atoms with van der Waals surface area (Å²) >= 11 is 0. The molecule has 8 nitrogen and oxygen atoms in total. The quantitative estimate of drug-likeness (QED) is 0.349. The van der Waals surface area contributed by atoms with Gasteiger partial charge in [-0.25, -0.2) is 17.5 Å². The van der Waals surface area contributed by atoms with Gasteiger partial charge in [0.05, 0.1) is 15.4 Å². The van der Waals surface area contributed by atoms with E-state index in [1.165, 1.54) is 56.6 Å². The molecular formula is C16H16N2O6S. The fourth-order valence-electron chi connectivity index (χ4n) is 2.01. The van der Waals surface area contributed by atoms with Gasteiger partial charge in [-0.1, -0.05) is 12.1 Å². The van der Waals surface area contributed by atoms with Gasteiger partial charge in [-0.05, 0) is 36.8 Å². The summed E-state index contributed by atoms with van der Waals surface area (Å²) in [5, 5.41) is 11.0. The van der Waals surface area contributed by atoms with Gasteiger partial charge in [-0.2, -0.15) is 0 Å². The Kier molecular flexibility index (Phi) is 5.19. The highest BCUT2D eigenvalue weighted by molar-refractivity contribution is 7.89. The van der Waals surface area contributed by atoms with Crippen molar-refractivity contribution in [1.29, 1.82) is 0 Å². The number of aryl methyl sites for hydroxylation is 1. The van der Waals surface area contributed by atoms with E-state index in [0.29, 0.717) is 5.56 Å². The zero-order valence-electron chi connectivity index (χ0n) is 13.8. The van der Waals surface area contributed by atoms with Crippen LogP contribution in [0.2, 0.25) is 0 Å². The molecule has 0 aromatic heterocycles. The van der Waals surface area contributed by atoms with Crippen molar-refractivity contribution >= 4 is 21.7 Å². The third-order valence-electron chi connectivity index (χ3n) is 3.36. The third-order valence-corrected chi connectivity index (χ3v) is 5.17. The monoisotopic (exact) mass is 364 g/mol. The Labute approximate surface area is 144 Å². The van der Waals surface area contributed by atoms with E-state index in [1.807, 2.05) is 0 Å². The van der Waals surface area contributed by atoms with Crippen LogP contribution in [0.25, 0.3) is 0 Å². The van der Waals surface area contributed by atoms with E-state index in [2.05, 4.69) is 0 Å². The topological polar surface area (TPSA) is 107 Å². The molecule has 0 saturated carbocycles. The molecule has 0 spiro atoms. The van der Waals surface area contributed by atoms with Gasteiger partial charge in [0.2, 0.25) is 15.8 Å². The molecule has 0 radical (unpaired) electrons. The summed E-state index contributed by atoms with van der Waals surface area (Å²) in [6.07, 6.45) is 0. The van der Waals surface area contributed by atoms with Gasteiger partial charge in [-0.3, -0.25) is 10.1 Å². The first-order chi connectivity index (χ1) is 11.6. The zero-order valence-corrected chi connectivity index (χ0v) is 14.6. The smallest absolute Gasteiger partial charge is 0.343 e. The predicted octanol–water partition coefficient (Wildman–Crippen LogP) is 2.37. The number of carbonyl (C=O) groups excluding carboxylic acids is 1. The normalized spacial score (nSPS) is 11.4. The van der Waals surface area contributed by atoms with E-state index in [0.717, 1.165) is 4.31 Å². The minimum atomic E-state index is -3.72. The summed E-state index contributed by atoms with van der Waals surface area (Å²) in [6.45, 7) is 1.70. The highest BCUT2D eigenvalue weighted by atomic mass is 32.2. The first-order valence-electron chi connectivity index (χ1n) is 7.12. The van der Waals surface area contributed by atoms with Crippen LogP contribution in [-0.4, -0.2) is 37.7 Å². The second kappa shape index (κ2) is 6.99. The number of nitrogens with zero attached hydrogens (tertiary/aromatic N) is 2. The van der Waals surface area contributed by atoms with E-state index in [9.17, 15) is 23.3 Å². The Morgan fingerprint density at radius 1 is 1.16 bits per heavy atom. The Balaban J connectivity index is 2.38. The van der Waals surface area contributed by atoms with Crippen molar-refractivity contribution < 1.29 is 22.9 Å². The summed E-state index contributed by atoms with van der Waals surface area (Å²) in [4.78, 5) is 22.6. The lowest BCUT2D eigenvalue weighted by molar-refractivity contribution is -0.385. The van der Waals surface area contributed by atoms with Gasteiger partial charge in [-0.15, -0.1) is 0 Å². The second-order valence-corrected chi connectivity index (χ2v) is 7.58. The van der Waals surface area contributed by atoms with Gasteiger partial charge in [0.25, 0.3) is 0 Å². The van der Waals surface area contributed by atoms with Crippen molar-refractivity contribution in [3.8, 4) is 5.75 Å². The highest BCUT2D eigenvalue weighted by Gasteiger charge is 2.22. The summed E-state index contributed by atoms with van der Waals surface area (Å²) in [7, 11) is -0.974. The molecule has 0 atom stereocenters. The lowest BCUT2D eigenvalue weighted by Crippen LogP contribution is -2.22. The first kappa shape index (κ1) is 18.6. The Morgan fingerprint density at radius 2 is 1.84 bits per heavy atom. The van der Waals surface area contributed by atoms with Crippen LogP contribution >= 0.6 is 0 Å². The number of carbonyl (C=O) groups is 1. The summed E-state index contributed by atoms with van der Waals surface area (Å²) in [5.41, 5.74) is 0.298. The summed E-state index contributed by atoms with van der Waals surface area (Å²) < 4.78 is 30.4. The summed E-state index contributed by atoms with van der Waals surface area (Å²) in [6, 6.07) is 9.43. The Hall–Kier alpha value is -2.78.